The molecule has 0 unspecified atom stereocenters. The topological polar surface area (TPSA) is 0 Å². The molecule has 0 aromatic rings. The molecule has 0 aliphatic heterocycles. The molecule has 0 N–H and O–H groups in total. The van der Waals surface area contributed by atoms with Crippen LogP contribution in [0.25, 0.3) is 0 Å². The van der Waals surface area contributed by atoms with Gasteiger partial charge in [-0.05, 0) is 38.5 Å². The maximum atomic E-state index is 2.29. The van der Waals surface area contributed by atoms with Gasteiger partial charge in [-0.15, -0.1) is 0 Å². The van der Waals surface area contributed by atoms with Gasteiger partial charge in [0.1, 0.15) is 0 Å². The van der Waals surface area contributed by atoms with Crippen molar-refractivity contribution >= 4 is 0 Å². The zero-order valence-corrected chi connectivity index (χ0v) is 10.1. The first-order valence-electron chi connectivity index (χ1n) is 6.58. The average Bonchev–Trinajstić information content (AvgIpc) is 2.17. The van der Waals surface area contributed by atoms with E-state index < -0.39 is 0 Å². The first-order valence-corrected chi connectivity index (χ1v) is 6.58. The first-order chi connectivity index (χ1) is 6.88. The fourth-order valence-electron chi connectivity index (χ4n) is 2.26. The van der Waals surface area contributed by atoms with Gasteiger partial charge in [0.25, 0.3) is 0 Å². The van der Waals surface area contributed by atoms with Crippen molar-refractivity contribution < 1.29 is 0 Å². The minimum absolute atomic E-state index is 1.36. The van der Waals surface area contributed by atoms with E-state index in [1.807, 2.05) is 11.1 Å². The van der Waals surface area contributed by atoms with Gasteiger partial charge < -0.3 is 0 Å². The maximum absolute atomic E-state index is 2.29. The van der Waals surface area contributed by atoms with E-state index in [9.17, 15) is 0 Å². The molecule has 0 atom stereocenters. The second-order valence-corrected chi connectivity index (χ2v) is 4.62. The van der Waals surface area contributed by atoms with Gasteiger partial charge in [-0.3, -0.25) is 0 Å². The Kier molecular flexibility index (Phi) is 5.98. The van der Waals surface area contributed by atoms with Gasteiger partial charge in [0.2, 0.25) is 0 Å². The van der Waals surface area contributed by atoms with Crippen LogP contribution in [0.5, 0.6) is 0 Å². The third-order valence-electron chi connectivity index (χ3n) is 3.39. The van der Waals surface area contributed by atoms with Crippen molar-refractivity contribution in [3.63, 3.8) is 0 Å². The molecule has 14 heavy (non-hydrogen) atoms. The molecule has 0 amide bonds. The first kappa shape index (κ1) is 11.8. The summed E-state index contributed by atoms with van der Waals surface area (Å²) >= 11 is 0. The minimum Gasteiger partial charge on any atom is -0.0707 e. The van der Waals surface area contributed by atoms with Crippen molar-refractivity contribution in [2.24, 2.45) is 0 Å². The number of rotatable bonds is 8. The van der Waals surface area contributed by atoms with Crippen molar-refractivity contribution in [2.75, 3.05) is 0 Å². The molecule has 0 bridgehead atoms. The molecule has 1 rings (SSSR count). The lowest BCUT2D eigenvalue weighted by atomic mass is 9.82. The maximum Gasteiger partial charge on any atom is -0.0280 e. The van der Waals surface area contributed by atoms with Gasteiger partial charge in [0.05, 0.1) is 0 Å². The number of allylic oxidation sites excluding steroid dienone is 2. The second-order valence-electron chi connectivity index (χ2n) is 4.62. The van der Waals surface area contributed by atoms with Crippen molar-refractivity contribution in [2.45, 2.75) is 78.1 Å². The van der Waals surface area contributed by atoms with Crippen LogP contribution >= 0.6 is 0 Å². The lowest BCUT2D eigenvalue weighted by Crippen LogP contribution is -2.04. The molecule has 0 saturated heterocycles. The highest BCUT2D eigenvalue weighted by molar-refractivity contribution is 5.24. The van der Waals surface area contributed by atoms with Crippen LogP contribution in [-0.4, -0.2) is 0 Å². The van der Waals surface area contributed by atoms with Crippen LogP contribution in [-0.2, 0) is 0 Å². The van der Waals surface area contributed by atoms with E-state index in [0.717, 1.165) is 0 Å². The van der Waals surface area contributed by atoms with Gasteiger partial charge in [-0.2, -0.15) is 0 Å². The quantitative estimate of drug-likeness (QED) is 0.366. The van der Waals surface area contributed by atoms with Crippen LogP contribution in [0.15, 0.2) is 11.1 Å². The fraction of sp³-hybridized carbons (Fsp3) is 0.857. The molecule has 0 fully saturated rings. The molecular formula is C14H26. The molecule has 0 nitrogen and oxygen atoms in total. The van der Waals surface area contributed by atoms with Crippen LogP contribution in [0.1, 0.15) is 78.1 Å². The zero-order chi connectivity index (χ0) is 10.2. The molecule has 0 aromatic carbocycles. The van der Waals surface area contributed by atoms with E-state index in [-0.39, 0.29) is 0 Å². The second kappa shape index (κ2) is 7.09. The minimum atomic E-state index is 1.36. The van der Waals surface area contributed by atoms with Crippen LogP contribution in [0.2, 0.25) is 0 Å². The van der Waals surface area contributed by atoms with Crippen molar-refractivity contribution in [3.05, 3.63) is 11.1 Å². The predicted molar refractivity (Wildman–Crippen MR) is 64.5 cm³/mol. The van der Waals surface area contributed by atoms with Crippen molar-refractivity contribution in [1.29, 1.82) is 0 Å². The number of unbranched alkanes of at least 4 members (excludes halogenated alkanes) is 4. The van der Waals surface area contributed by atoms with Crippen LogP contribution in [0.4, 0.5) is 0 Å². The van der Waals surface area contributed by atoms with E-state index in [2.05, 4.69) is 13.8 Å². The fourth-order valence-corrected chi connectivity index (χ4v) is 2.26. The molecule has 0 radical (unpaired) electrons. The third kappa shape index (κ3) is 3.86. The molecule has 0 heterocycles. The summed E-state index contributed by atoms with van der Waals surface area (Å²) < 4.78 is 0. The van der Waals surface area contributed by atoms with Gasteiger partial charge >= 0.3 is 0 Å². The highest BCUT2D eigenvalue weighted by Crippen LogP contribution is 2.35. The summed E-state index contributed by atoms with van der Waals surface area (Å²) in [6.45, 7) is 4.58. The summed E-state index contributed by atoms with van der Waals surface area (Å²) in [6, 6.07) is 0. The Morgan fingerprint density at radius 1 is 0.714 bits per heavy atom. The molecule has 82 valence electrons. The van der Waals surface area contributed by atoms with Crippen molar-refractivity contribution in [3.8, 4) is 0 Å². The van der Waals surface area contributed by atoms with E-state index in [0.29, 0.717) is 0 Å². The van der Waals surface area contributed by atoms with Crippen LogP contribution in [0.3, 0.4) is 0 Å². The Balaban J connectivity index is 2.13. The lowest BCUT2D eigenvalue weighted by Gasteiger charge is -2.24. The zero-order valence-electron chi connectivity index (χ0n) is 10.1. The summed E-state index contributed by atoms with van der Waals surface area (Å²) in [6.07, 6.45) is 14.1. The number of hydrogen-bond acceptors (Lipinski definition) is 0. The monoisotopic (exact) mass is 194 g/mol. The van der Waals surface area contributed by atoms with E-state index in [1.54, 1.807) is 0 Å². The molecule has 0 heteroatoms. The Labute approximate surface area is 89.8 Å². The summed E-state index contributed by atoms with van der Waals surface area (Å²) in [5.74, 6) is 0. The molecule has 0 saturated carbocycles. The predicted octanol–water partition coefficient (Wildman–Crippen LogP) is 5.24. The largest absolute Gasteiger partial charge is 0.0707 e. The smallest absolute Gasteiger partial charge is 0.0280 e. The molecule has 0 spiro atoms. The third-order valence-corrected chi connectivity index (χ3v) is 3.39. The van der Waals surface area contributed by atoms with E-state index >= 15 is 0 Å². The SMILES string of the molecule is CCCCCC1=C(CCCCC)CC1. The Hall–Kier alpha value is -0.260. The molecule has 0 aromatic heterocycles. The Morgan fingerprint density at radius 2 is 1.14 bits per heavy atom. The van der Waals surface area contributed by atoms with Gasteiger partial charge in [-0.1, -0.05) is 50.7 Å². The summed E-state index contributed by atoms with van der Waals surface area (Å²) in [5, 5.41) is 0. The highest BCUT2D eigenvalue weighted by atomic mass is 14.2. The average molecular weight is 194 g/mol. The molecular weight excluding hydrogens is 168 g/mol. The van der Waals surface area contributed by atoms with Crippen molar-refractivity contribution in [1.82, 2.24) is 0 Å². The van der Waals surface area contributed by atoms with Gasteiger partial charge in [-0.25, -0.2) is 0 Å². The summed E-state index contributed by atoms with van der Waals surface area (Å²) in [5.41, 5.74) is 3.66. The summed E-state index contributed by atoms with van der Waals surface area (Å²) in [7, 11) is 0. The molecule has 1 aliphatic rings. The Bertz CT molecular complexity index is 156. The van der Waals surface area contributed by atoms with Crippen LogP contribution < -0.4 is 0 Å². The number of hydrogen-bond donors (Lipinski definition) is 0. The summed E-state index contributed by atoms with van der Waals surface area (Å²) in [4.78, 5) is 0. The van der Waals surface area contributed by atoms with Crippen LogP contribution in [0, 0.1) is 0 Å². The lowest BCUT2D eigenvalue weighted by molar-refractivity contribution is 0.610. The molecule has 1 aliphatic carbocycles. The van der Waals surface area contributed by atoms with Gasteiger partial charge in [0, 0.05) is 0 Å². The normalized spacial score (nSPS) is 15.9. The van der Waals surface area contributed by atoms with E-state index in [1.165, 1.54) is 64.2 Å². The highest BCUT2D eigenvalue weighted by Gasteiger charge is 2.15. The standard InChI is InChI=1S/C14H26/c1-3-5-7-9-13-11-12-14(13)10-8-6-4-2/h3-12H2,1-2H3. The van der Waals surface area contributed by atoms with E-state index in [4.69, 9.17) is 0 Å². The Morgan fingerprint density at radius 3 is 1.43 bits per heavy atom. The van der Waals surface area contributed by atoms with Gasteiger partial charge in [0.15, 0.2) is 0 Å².